The predicted molar refractivity (Wildman–Crippen MR) is 43.9 cm³/mol. The molecule has 0 unspecified atom stereocenters. The van der Waals surface area contributed by atoms with Crippen LogP contribution in [0.5, 0.6) is 0 Å². The minimum absolute atomic E-state index is 0.0948. The van der Waals surface area contributed by atoms with Crippen molar-refractivity contribution in [2.45, 2.75) is 32.7 Å². The SMILES string of the molecule is CCOC(CC)(OCC)P=O. The zero-order valence-corrected chi connectivity index (χ0v) is 8.19. The van der Waals surface area contributed by atoms with Crippen LogP contribution in [-0.2, 0) is 14.0 Å². The lowest BCUT2D eigenvalue weighted by Crippen LogP contribution is -2.28. The van der Waals surface area contributed by atoms with Crippen LogP contribution in [0.2, 0.25) is 0 Å². The molecule has 0 amide bonds. The van der Waals surface area contributed by atoms with Crippen LogP contribution in [0.25, 0.3) is 0 Å². The molecular weight excluding hydrogens is 163 g/mol. The van der Waals surface area contributed by atoms with Gasteiger partial charge in [-0.25, -0.2) is 0 Å². The molecule has 0 fully saturated rings. The molecule has 0 N–H and O–H groups in total. The Kier molecular flexibility index (Phi) is 5.65. The van der Waals surface area contributed by atoms with Crippen molar-refractivity contribution in [1.29, 1.82) is 0 Å². The Morgan fingerprint density at radius 2 is 1.64 bits per heavy atom. The Labute approximate surface area is 69.3 Å². The zero-order valence-electron chi connectivity index (χ0n) is 7.29. The van der Waals surface area contributed by atoms with Crippen molar-refractivity contribution in [2.24, 2.45) is 0 Å². The molecule has 11 heavy (non-hydrogen) atoms. The third kappa shape index (κ3) is 3.28. The van der Waals surface area contributed by atoms with Gasteiger partial charge in [0.25, 0.3) is 5.53 Å². The fraction of sp³-hybridized carbons (Fsp3) is 1.00. The van der Waals surface area contributed by atoms with E-state index < -0.39 is 5.53 Å². The topological polar surface area (TPSA) is 35.5 Å². The molecule has 0 bridgehead atoms. The average molecular weight is 178 g/mol. The lowest BCUT2D eigenvalue weighted by atomic mass is 10.4. The minimum Gasteiger partial charge on any atom is -0.341 e. The van der Waals surface area contributed by atoms with E-state index in [1.165, 1.54) is 0 Å². The largest absolute Gasteiger partial charge is 0.341 e. The van der Waals surface area contributed by atoms with E-state index in [-0.39, 0.29) is 8.46 Å². The van der Waals surface area contributed by atoms with Gasteiger partial charge in [-0.15, -0.1) is 0 Å². The summed E-state index contributed by atoms with van der Waals surface area (Å²) in [5, 5.41) is 0. The number of hydrogen-bond acceptors (Lipinski definition) is 3. The lowest BCUT2D eigenvalue weighted by Gasteiger charge is -2.24. The van der Waals surface area contributed by atoms with Crippen molar-refractivity contribution in [2.75, 3.05) is 13.2 Å². The molecule has 0 saturated carbocycles. The summed E-state index contributed by atoms with van der Waals surface area (Å²) in [7, 11) is -0.0948. The highest BCUT2D eigenvalue weighted by Gasteiger charge is 2.29. The van der Waals surface area contributed by atoms with Gasteiger partial charge in [-0.05, 0) is 13.8 Å². The molecule has 0 aliphatic carbocycles. The first kappa shape index (κ1) is 11.0. The summed E-state index contributed by atoms with van der Waals surface area (Å²) >= 11 is 0. The van der Waals surface area contributed by atoms with Gasteiger partial charge in [0.15, 0.2) is 0 Å². The van der Waals surface area contributed by atoms with Crippen molar-refractivity contribution in [3.05, 3.63) is 0 Å². The Balaban J connectivity index is 4.07. The van der Waals surface area contributed by atoms with Gasteiger partial charge in [0.2, 0.25) is 8.46 Å². The van der Waals surface area contributed by atoms with E-state index in [1.807, 2.05) is 20.8 Å². The smallest absolute Gasteiger partial charge is 0.251 e. The molecule has 0 heterocycles. The van der Waals surface area contributed by atoms with E-state index in [0.717, 1.165) is 0 Å². The third-order valence-corrected chi connectivity index (χ3v) is 2.18. The molecule has 66 valence electrons. The third-order valence-electron chi connectivity index (χ3n) is 1.33. The molecule has 0 rings (SSSR count). The van der Waals surface area contributed by atoms with Gasteiger partial charge in [-0.3, -0.25) is 4.57 Å². The second-order valence-corrected chi connectivity index (χ2v) is 2.89. The first-order valence-corrected chi connectivity index (χ1v) is 4.68. The quantitative estimate of drug-likeness (QED) is 0.462. The van der Waals surface area contributed by atoms with Gasteiger partial charge in [0.05, 0.1) is 0 Å². The van der Waals surface area contributed by atoms with E-state index in [9.17, 15) is 4.57 Å². The zero-order chi connectivity index (χ0) is 8.74. The highest BCUT2D eigenvalue weighted by molar-refractivity contribution is 7.25. The lowest BCUT2D eigenvalue weighted by molar-refractivity contribution is -0.170. The van der Waals surface area contributed by atoms with E-state index in [2.05, 4.69) is 0 Å². The summed E-state index contributed by atoms with van der Waals surface area (Å²) in [5.74, 6) is 0. The maximum Gasteiger partial charge on any atom is 0.251 e. The van der Waals surface area contributed by atoms with Crippen LogP contribution >= 0.6 is 8.46 Å². The van der Waals surface area contributed by atoms with Gasteiger partial charge in [-0.1, -0.05) is 6.92 Å². The molecular formula is C7H15O3P. The summed E-state index contributed by atoms with van der Waals surface area (Å²) in [5.41, 5.74) is -0.899. The van der Waals surface area contributed by atoms with Crippen molar-refractivity contribution >= 4 is 8.46 Å². The molecule has 4 heteroatoms. The molecule has 0 atom stereocenters. The molecule has 0 radical (unpaired) electrons. The second kappa shape index (κ2) is 5.64. The number of hydrogen-bond donors (Lipinski definition) is 0. The monoisotopic (exact) mass is 178 g/mol. The normalized spacial score (nSPS) is 12.3. The summed E-state index contributed by atoms with van der Waals surface area (Å²) in [4.78, 5) is 0. The van der Waals surface area contributed by atoms with Gasteiger partial charge in [0, 0.05) is 19.6 Å². The Morgan fingerprint density at radius 3 is 1.82 bits per heavy atom. The molecule has 0 spiro atoms. The highest BCUT2D eigenvalue weighted by Crippen LogP contribution is 2.29. The number of ether oxygens (including phenoxy) is 2. The molecule has 0 aliphatic rings. The van der Waals surface area contributed by atoms with Crippen LogP contribution in [-0.4, -0.2) is 18.7 Å². The molecule has 0 aliphatic heterocycles. The van der Waals surface area contributed by atoms with Crippen LogP contribution in [0.15, 0.2) is 0 Å². The van der Waals surface area contributed by atoms with E-state index in [4.69, 9.17) is 9.47 Å². The standard InChI is InChI=1S/C7H15O3P/c1-4-7(11-8,9-5-2)10-6-3/h4-6H2,1-3H3. The van der Waals surface area contributed by atoms with Crippen molar-refractivity contribution in [3.8, 4) is 0 Å². The molecule has 3 nitrogen and oxygen atoms in total. The van der Waals surface area contributed by atoms with E-state index in [0.29, 0.717) is 19.6 Å². The van der Waals surface area contributed by atoms with Gasteiger partial charge in [0.1, 0.15) is 0 Å². The van der Waals surface area contributed by atoms with Crippen LogP contribution in [0, 0.1) is 0 Å². The number of rotatable bonds is 6. The fourth-order valence-electron chi connectivity index (χ4n) is 0.814. The molecule has 0 aromatic rings. The second-order valence-electron chi connectivity index (χ2n) is 2.02. The van der Waals surface area contributed by atoms with Crippen molar-refractivity contribution in [3.63, 3.8) is 0 Å². The average Bonchev–Trinajstić information content (AvgIpc) is 2.04. The van der Waals surface area contributed by atoms with E-state index >= 15 is 0 Å². The van der Waals surface area contributed by atoms with Gasteiger partial charge < -0.3 is 9.47 Å². The van der Waals surface area contributed by atoms with Crippen LogP contribution in [0.1, 0.15) is 27.2 Å². The Hall–Kier alpha value is 0.0200. The summed E-state index contributed by atoms with van der Waals surface area (Å²) in [6, 6.07) is 0. The highest BCUT2D eigenvalue weighted by atomic mass is 31.1. The summed E-state index contributed by atoms with van der Waals surface area (Å²) in [6.07, 6.45) is 0.597. The summed E-state index contributed by atoms with van der Waals surface area (Å²) in [6.45, 7) is 6.63. The van der Waals surface area contributed by atoms with Crippen molar-refractivity contribution in [1.82, 2.24) is 0 Å². The van der Waals surface area contributed by atoms with Crippen molar-refractivity contribution < 1.29 is 14.0 Å². The molecule has 0 aromatic heterocycles. The summed E-state index contributed by atoms with van der Waals surface area (Å²) < 4.78 is 21.1. The molecule has 0 saturated heterocycles. The van der Waals surface area contributed by atoms with E-state index in [1.54, 1.807) is 0 Å². The predicted octanol–water partition coefficient (Wildman–Crippen LogP) is 2.41. The van der Waals surface area contributed by atoms with Crippen LogP contribution in [0.3, 0.4) is 0 Å². The maximum atomic E-state index is 10.7. The maximum absolute atomic E-state index is 10.7. The first-order valence-electron chi connectivity index (χ1n) is 3.87. The fourth-order valence-corrected chi connectivity index (χ4v) is 1.31. The van der Waals surface area contributed by atoms with Crippen LogP contribution in [0.4, 0.5) is 0 Å². The van der Waals surface area contributed by atoms with Gasteiger partial charge >= 0.3 is 0 Å². The first-order chi connectivity index (χ1) is 5.24. The molecule has 0 aromatic carbocycles. The van der Waals surface area contributed by atoms with Crippen LogP contribution < -0.4 is 0 Å². The Bertz CT molecular complexity index is 110. The Morgan fingerprint density at radius 1 is 1.18 bits per heavy atom. The van der Waals surface area contributed by atoms with Gasteiger partial charge in [-0.2, -0.15) is 0 Å². The minimum atomic E-state index is -0.899.